The van der Waals surface area contributed by atoms with Crippen molar-refractivity contribution in [1.29, 1.82) is 0 Å². The Labute approximate surface area is 127 Å². The van der Waals surface area contributed by atoms with Crippen LogP contribution in [0.3, 0.4) is 0 Å². The highest BCUT2D eigenvalue weighted by molar-refractivity contribution is 7.90. The molecule has 0 aromatic heterocycles. The molecule has 106 valence electrons. The normalized spacial score (nSPS) is 15.8. The first-order valence-corrected chi connectivity index (χ1v) is 7.88. The average molecular weight is 320 g/mol. The predicted octanol–water partition coefficient (Wildman–Crippen LogP) is 2.41. The third-order valence-corrected chi connectivity index (χ3v) is 4.59. The molecule has 5 nitrogen and oxygen atoms in total. The number of halogens is 1. The van der Waals surface area contributed by atoms with Crippen molar-refractivity contribution in [2.45, 2.75) is 4.90 Å². The zero-order chi connectivity index (χ0) is 14.9. The average Bonchev–Trinajstić information content (AvgIpc) is 2.73. The molecule has 1 aliphatic heterocycles. The Morgan fingerprint density at radius 1 is 1.10 bits per heavy atom. The van der Waals surface area contributed by atoms with Gasteiger partial charge in [-0.25, -0.2) is 0 Å². The first-order valence-electron chi connectivity index (χ1n) is 6.06. The summed E-state index contributed by atoms with van der Waals surface area (Å²) in [5.41, 5.74) is 3.88. The van der Waals surface area contributed by atoms with Crippen molar-refractivity contribution in [2.75, 3.05) is 0 Å². The van der Waals surface area contributed by atoms with E-state index in [2.05, 4.69) is 14.9 Å². The maximum absolute atomic E-state index is 11.9. The van der Waals surface area contributed by atoms with E-state index in [4.69, 9.17) is 11.6 Å². The first kappa shape index (κ1) is 13.8. The zero-order valence-electron chi connectivity index (χ0n) is 10.7. The molecule has 3 rings (SSSR count). The molecule has 0 amide bonds. The smallest absolute Gasteiger partial charge is 0.260 e. The van der Waals surface area contributed by atoms with Gasteiger partial charge in [-0.15, -0.1) is 4.40 Å². The fourth-order valence-electron chi connectivity index (χ4n) is 1.93. The van der Waals surface area contributed by atoms with Crippen molar-refractivity contribution in [2.24, 2.45) is 9.50 Å². The highest BCUT2D eigenvalue weighted by Crippen LogP contribution is 2.24. The van der Waals surface area contributed by atoms with E-state index in [0.717, 1.165) is 5.56 Å². The van der Waals surface area contributed by atoms with Crippen LogP contribution in [0.15, 0.2) is 62.9 Å². The number of hydrazone groups is 1. The number of nitrogens with zero attached hydrogens (tertiary/aromatic N) is 2. The molecule has 0 radical (unpaired) electrons. The van der Waals surface area contributed by atoms with Gasteiger partial charge < -0.3 is 0 Å². The predicted molar refractivity (Wildman–Crippen MR) is 82.3 cm³/mol. The number of rotatable bonds is 2. The molecule has 0 atom stereocenters. The Morgan fingerprint density at radius 2 is 1.81 bits per heavy atom. The maximum atomic E-state index is 11.9. The second-order valence-electron chi connectivity index (χ2n) is 4.30. The monoisotopic (exact) mass is 319 g/mol. The summed E-state index contributed by atoms with van der Waals surface area (Å²) in [5.74, 6) is 0.203. The fraction of sp³-hybridized carbons (Fsp3) is 0. The minimum Gasteiger partial charge on any atom is -0.260 e. The van der Waals surface area contributed by atoms with Crippen LogP contribution in [0.2, 0.25) is 5.02 Å². The highest BCUT2D eigenvalue weighted by atomic mass is 35.5. The molecule has 0 unspecified atom stereocenters. The van der Waals surface area contributed by atoms with Gasteiger partial charge >= 0.3 is 0 Å². The van der Waals surface area contributed by atoms with E-state index in [-0.39, 0.29) is 10.7 Å². The van der Waals surface area contributed by atoms with Gasteiger partial charge in [0.25, 0.3) is 10.0 Å². The second kappa shape index (κ2) is 5.31. The molecule has 0 spiro atoms. The highest BCUT2D eigenvalue weighted by Gasteiger charge is 2.28. The van der Waals surface area contributed by atoms with E-state index in [1.807, 2.05) is 12.1 Å². The molecule has 0 saturated carbocycles. The zero-order valence-corrected chi connectivity index (χ0v) is 12.3. The minimum absolute atomic E-state index is 0.181. The van der Waals surface area contributed by atoms with Crippen LogP contribution >= 0.6 is 11.6 Å². The van der Waals surface area contributed by atoms with Gasteiger partial charge in [-0.1, -0.05) is 41.9 Å². The van der Waals surface area contributed by atoms with E-state index in [0.29, 0.717) is 10.6 Å². The Hall–Kier alpha value is -2.18. The van der Waals surface area contributed by atoms with Crippen molar-refractivity contribution in [1.82, 2.24) is 5.43 Å². The van der Waals surface area contributed by atoms with Crippen molar-refractivity contribution >= 4 is 33.7 Å². The summed E-state index contributed by atoms with van der Waals surface area (Å²) >= 11 is 6.00. The fourth-order valence-corrected chi connectivity index (χ4v) is 3.28. The Morgan fingerprint density at radius 3 is 2.62 bits per heavy atom. The van der Waals surface area contributed by atoms with Crippen LogP contribution in [0.5, 0.6) is 0 Å². The molecule has 1 aliphatic rings. The number of amidine groups is 1. The SMILES string of the molecule is O=S1(=O)N=C(N/N=C/c2ccccc2Cl)c2ccccc21. The van der Waals surface area contributed by atoms with Crippen LogP contribution in [-0.2, 0) is 10.0 Å². The lowest BCUT2D eigenvalue weighted by Crippen LogP contribution is -2.17. The summed E-state index contributed by atoms with van der Waals surface area (Å²) in [5, 5.41) is 4.55. The number of hydrogen-bond donors (Lipinski definition) is 1. The molecule has 1 N–H and O–H groups in total. The van der Waals surface area contributed by atoms with Crippen molar-refractivity contribution < 1.29 is 8.42 Å². The van der Waals surface area contributed by atoms with Crippen molar-refractivity contribution in [3.63, 3.8) is 0 Å². The third kappa shape index (κ3) is 2.68. The van der Waals surface area contributed by atoms with Gasteiger partial charge in [-0.05, 0) is 18.2 Å². The van der Waals surface area contributed by atoms with Crippen LogP contribution in [0.25, 0.3) is 0 Å². The molecule has 21 heavy (non-hydrogen) atoms. The number of sulfonamides is 1. The quantitative estimate of drug-likeness (QED) is 0.682. The van der Waals surface area contributed by atoms with Crippen molar-refractivity contribution in [3.05, 3.63) is 64.7 Å². The number of nitrogens with one attached hydrogen (secondary N) is 1. The Kier molecular flexibility index (Phi) is 3.48. The van der Waals surface area contributed by atoms with Gasteiger partial charge in [0.15, 0.2) is 5.84 Å². The van der Waals surface area contributed by atoms with Gasteiger partial charge in [0.1, 0.15) is 4.90 Å². The number of benzene rings is 2. The molecule has 0 aliphatic carbocycles. The van der Waals surface area contributed by atoms with Crippen LogP contribution < -0.4 is 5.43 Å². The largest absolute Gasteiger partial charge is 0.285 e. The molecular weight excluding hydrogens is 310 g/mol. The summed E-state index contributed by atoms with van der Waals surface area (Å²) in [4.78, 5) is 0.181. The molecule has 2 aromatic carbocycles. The summed E-state index contributed by atoms with van der Waals surface area (Å²) in [6.07, 6.45) is 1.51. The molecule has 1 heterocycles. The summed E-state index contributed by atoms with van der Waals surface area (Å²) in [6.45, 7) is 0. The van der Waals surface area contributed by atoms with Gasteiger partial charge in [-0.3, -0.25) is 5.43 Å². The van der Waals surface area contributed by atoms with Gasteiger partial charge in [0.2, 0.25) is 0 Å². The first-order chi connectivity index (χ1) is 10.1. The molecule has 0 bridgehead atoms. The standard InChI is InChI=1S/C14H10ClN3O2S/c15-12-7-3-1-5-10(12)9-16-17-14-11-6-2-4-8-13(11)21(19,20)18-14/h1-9H,(H,17,18)/b16-9+. The number of hydrogen-bond acceptors (Lipinski definition) is 4. The molecule has 0 saturated heterocycles. The summed E-state index contributed by atoms with van der Waals surface area (Å²) in [6, 6.07) is 13.8. The van der Waals surface area contributed by atoms with Crippen LogP contribution in [-0.4, -0.2) is 20.5 Å². The lowest BCUT2D eigenvalue weighted by molar-refractivity contribution is 0.599. The number of fused-ring (bicyclic) bond motifs is 1. The Bertz CT molecular complexity index is 860. The van der Waals surface area contributed by atoms with Crippen LogP contribution in [0.1, 0.15) is 11.1 Å². The van der Waals surface area contributed by atoms with Gasteiger partial charge in [-0.2, -0.15) is 13.5 Å². The van der Waals surface area contributed by atoms with E-state index in [9.17, 15) is 8.42 Å². The molecule has 2 aromatic rings. The minimum atomic E-state index is -3.63. The molecular formula is C14H10ClN3O2S. The second-order valence-corrected chi connectivity index (χ2v) is 6.28. The van der Waals surface area contributed by atoms with Gasteiger partial charge in [0.05, 0.1) is 6.21 Å². The van der Waals surface area contributed by atoms with E-state index >= 15 is 0 Å². The molecule has 7 heteroatoms. The van der Waals surface area contributed by atoms with Crippen molar-refractivity contribution in [3.8, 4) is 0 Å². The summed E-state index contributed by atoms with van der Waals surface area (Å²) < 4.78 is 27.4. The van der Waals surface area contributed by atoms with Crippen LogP contribution in [0.4, 0.5) is 0 Å². The maximum Gasteiger partial charge on any atom is 0.285 e. The van der Waals surface area contributed by atoms with E-state index in [1.165, 1.54) is 12.3 Å². The lowest BCUT2D eigenvalue weighted by atomic mass is 10.2. The van der Waals surface area contributed by atoms with Gasteiger partial charge in [0, 0.05) is 16.1 Å². The summed E-state index contributed by atoms with van der Waals surface area (Å²) in [7, 11) is -3.63. The molecule has 0 fully saturated rings. The lowest BCUT2D eigenvalue weighted by Gasteiger charge is -2.00. The third-order valence-electron chi connectivity index (χ3n) is 2.91. The van der Waals surface area contributed by atoms with E-state index < -0.39 is 10.0 Å². The Balaban J connectivity index is 1.86. The van der Waals surface area contributed by atoms with Crippen LogP contribution in [0, 0.1) is 0 Å². The topological polar surface area (TPSA) is 70.9 Å². The van der Waals surface area contributed by atoms with E-state index in [1.54, 1.807) is 30.3 Å².